The third kappa shape index (κ3) is 3.16. The number of aryl methyl sites for hydroxylation is 1. The lowest BCUT2D eigenvalue weighted by atomic mass is 10.0. The van der Waals surface area contributed by atoms with Crippen LogP contribution < -0.4 is 0 Å². The summed E-state index contributed by atoms with van der Waals surface area (Å²) >= 11 is 0. The summed E-state index contributed by atoms with van der Waals surface area (Å²) in [6, 6.07) is 12.4. The van der Waals surface area contributed by atoms with Gasteiger partial charge in [-0.3, -0.25) is 9.78 Å². The topological polar surface area (TPSA) is 45.8 Å². The van der Waals surface area contributed by atoms with Gasteiger partial charge in [0.25, 0.3) is 0 Å². The van der Waals surface area contributed by atoms with Gasteiger partial charge in [0.1, 0.15) is 0 Å². The first-order valence-electron chi connectivity index (χ1n) is 8.20. The molecule has 3 aromatic rings. The van der Waals surface area contributed by atoms with Crippen molar-refractivity contribution in [3.63, 3.8) is 0 Å². The number of carbonyl (C=O) groups excluding carboxylic acids is 1. The Bertz CT molecular complexity index is 948. The molecule has 0 radical (unpaired) electrons. The number of aromatic amines is 1. The molecule has 0 unspecified atom stereocenters. The Morgan fingerprint density at radius 2 is 2.00 bits per heavy atom. The number of aromatic nitrogens is 2. The maximum absolute atomic E-state index is 11.6. The van der Waals surface area contributed by atoms with Gasteiger partial charge < -0.3 is 4.98 Å². The van der Waals surface area contributed by atoms with Gasteiger partial charge in [-0.15, -0.1) is 0 Å². The minimum absolute atomic E-state index is 0.0587. The number of pyridine rings is 1. The molecule has 2 aromatic heterocycles. The van der Waals surface area contributed by atoms with Crippen molar-refractivity contribution in [1.29, 1.82) is 0 Å². The van der Waals surface area contributed by atoms with Gasteiger partial charge in [-0.25, -0.2) is 0 Å². The molecular weight excluding hydrogens is 296 g/mol. The fourth-order valence-corrected chi connectivity index (χ4v) is 2.95. The number of fused-ring (bicyclic) bond motifs is 1. The van der Waals surface area contributed by atoms with Crippen molar-refractivity contribution in [2.75, 3.05) is 0 Å². The Morgan fingerprint density at radius 1 is 1.21 bits per heavy atom. The Kier molecular flexibility index (Phi) is 4.34. The Balaban J connectivity index is 1.97. The maximum atomic E-state index is 11.6. The van der Waals surface area contributed by atoms with E-state index in [1.165, 1.54) is 11.1 Å². The lowest BCUT2D eigenvalue weighted by molar-refractivity contribution is 0.101. The predicted octanol–water partition coefficient (Wildman–Crippen LogP) is 5.09. The number of allylic oxidation sites excluding steroid dienone is 2. The molecule has 0 saturated carbocycles. The SMILES string of the molecule is C/C=C(\C)c1cccc(Cc2cc(C)c3[nH]c(C(C)=O)cc3c2)n1. The number of ketones is 1. The van der Waals surface area contributed by atoms with Crippen molar-refractivity contribution in [3.8, 4) is 0 Å². The number of rotatable bonds is 4. The highest BCUT2D eigenvalue weighted by Crippen LogP contribution is 2.23. The zero-order valence-corrected chi connectivity index (χ0v) is 14.6. The molecule has 0 spiro atoms. The number of hydrogen-bond donors (Lipinski definition) is 1. The van der Waals surface area contributed by atoms with Gasteiger partial charge in [0.05, 0.1) is 11.4 Å². The number of hydrogen-bond acceptors (Lipinski definition) is 2. The highest BCUT2D eigenvalue weighted by atomic mass is 16.1. The molecule has 3 heteroatoms. The van der Waals surface area contributed by atoms with Crippen LogP contribution in [0, 0.1) is 6.92 Å². The molecule has 1 aromatic carbocycles. The second-order valence-electron chi connectivity index (χ2n) is 6.28. The lowest BCUT2D eigenvalue weighted by Crippen LogP contribution is -1.96. The molecule has 0 atom stereocenters. The Morgan fingerprint density at radius 3 is 2.71 bits per heavy atom. The van der Waals surface area contributed by atoms with Crippen LogP contribution in [0.25, 0.3) is 16.5 Å². The molecule has 0 aliphatic carbocycles. The van der Waals surface area contributed by atoms with Crippen LogP contribution in [-0.4, -0.2) is 15.8 Å². The van der Waals surface area contributed by atoms with Crippen molar-refractivity contribution in [3.05, 3.63) is 70.7 Å². The molecule has 3 rings (SSSR count). The first-order valence-corrected chi connectivity index (χ1v) is 8.20. The number of H-pyrrole nitrogens is 1. The van der Waals surface area contributed by atoms with Crippen molar-refractivity contribution in [2.24, 2.45) is 0 Å². The number of benzene rings is 1. The average molecular weight is 318 g/mol. The zero-order chi connectivity index (χ0) is 17.3. The van der Waals surface area contributed by atoms with Crippen LogP contribution in [0.2, 0.25) is 0 Å². The van der Waals surface area contributed by atoms with Gasteiger partial charge in [0.15, 0.2) is 5.78 Å². The summed E-state index contributed by atoms with van der Waals surface area (Å²) in [7, 11) is 0. The van der Waals surface area contributed by atoms with E-state index in [-0.39, 0.29) is 5.78 Å². The molecule has 0 aliphatic rings. The van der Waals surface area contributed by atoms with Crippen LogP contribution in [0.15, 0.2) is 42.5 Å². The van der Waals surface area contributed by atoms with Crippen LogP contribution in [-0.2, 0) is 6.42 Å². The molecule has 0 aliphatic heterocycles. The number of nitrogens with one attached hydrogen (secondary N) is 1. The molecule has 2 heterocycles. The predicted molar refractivity (Wildman–Crippen MR) is 99.4 cm³/mol. The van der Waals surface area contributed by atoms with Crippen LogP contribution in [0.4, 0.5) is 0 Å². The number of nitrogens with zero attached hydrogens (tertiary/aromatic N) is 1. The maximum Gasteiger partial charge on any atom is 0.175 e. The second-order valence-corrected chi connectivity index (χ2v) is 6.28. The lowest BCUT2D eigenvalue weighted by Gasteiger charge is -2.07. The van der Waals surface area contributed by atoms with E-state index in [0.717, 1.165) is 34.3 Å². The summed E-state index contributed by atoms with van der Waals surface area (Å²) in [4.78, 5) is 19.6. The van der Waals surface area contributed by atoms with E-state index in [9.17, 15) is 4.79 Å². The first kappa shape index (κ1) is 16.2. The number of Topliss-reactive ketones (excluding diaryl/α,β-unsaturated/α-hetero) is 1. The summed E-state index contributed by atoms with van der Waals surface area (Å²) in [5, 5.41) is 1.08. The van der Waals surface area contributed by atoms with Gasteiger partial charge in [0.2, 0.25) is 0 Å². The highest BCUT2D eigenvalue weighted by Gasteiger charge is 2.09. The van der Waals surface area contributed by atoms with Crippen LogP contribution in [0.1, 0.15) is 53.8 Å². The first-order chi connectivity index (χ1) is 11.5. The quantitative estimate of drug-likeness (QED) is 0.681. The molecule has 1 N–H and O–H groups in total. The monoisotopic (exact) mass is 318 g/mol. The summed E-state index contributed by atoms with van der Waals surface area (Å²) in [5.74, 6) is 0.0587. The summed E-state index contributed by atoms with van der Waals surface area (Å²) in [5.41, 5.74) is 7.31. The Hall–Kier alpha value is -2.68. The van der Waals surface area contributed by atoms with E-state index >= 15 is 0 Å². The van der Waals surface area contributed by atoms with E-state index in [2.05, 4.69) is 49.2 Å². The van der Waals surface area contributed by atoms with Crippen molar-refractivity contribution >= 4 is 22.3 Å². The smallest absolute Gasteiger partial charge is 0.175 e. The molecular formula is C21H22N2O. The van der Waals surface area contributed by atoms with Gasteiger partial charge in [-0.1, -0.05) is 18.2 Å². The molecule has 122 valence electrons. The van der Waals surface area contributed by atoms with E-state index in [1.54, 1.807) is 6.92 Å². The summed E-state index contributed by atoms with van der Waals surface area (Å²) in [6.45, 7) is 7.75. The highest BCUT2D eigenvalue weighted by molar-refractivity contribution is 5.98. The van der Waals surface area contributed by atoms with Gasteiger partial charge >= 0.3 is 0 Å². The second kappa shape index (κ2) is 6.44. The molecule has 0 saturated heterocycles. The third-order valence-electron chi connectivity index (χ3n) is 4.39. The van der Waals surface area contributed by atoms with Crippen molar-refractivity contribution < 1.29 is 4.79 Å². The number of carbonyl (C=O) groups is 1. The standard InChI is InChI=1S/C21H22N2O/c1-5-13(2)19-8-6-7-18(22-19)11-16-9-14(3)21-17(10-16)12-20(23-21)15(4)24/h5-10,12,23H,11H2,1-4H3/b13-5+. The van der Waals surface area contributed by atoms with Crippen LogP contribution in [0.3, 0.4) is 0 Å². The van der Waals surface area contributed by atoms with Gasteiger partial charge in [-0.2, -0.15) is 0 Å². The van der Waals surface area contributed by atoms with E-state index in [0.29, 0.717) is 5.69 Å². The van der Waals surface area contributed by atoms with Crippen molar-refractivity contribution in [2.45, 2.75) is 34.1 Å². The molecule has 3 nitrogen and oxygen atoms in total. The third-order valence-corrected chi connectivity index (χ3v) is 4.39. The van der Waals surface area contributed by atoms with E-state index in [4.69, 9.17) is 4.98 Å². The van der Waals surface area contributed by atoms with Crippen molar-refractivity contribution in [1.82, 2.24) is 9.97 Å². The van der Waals surface area contributed by atoms with E-state index in [1.807, 2.05) is 19.1 Å². The van der Waals surface area contributed by atoms with Crippen LogP contribution >= 0.6 is 0 Å². The minimum atomic E-state index is 0.0587. The molecule has 0 fully saturated rings. The molecule has 0 amide bonds. The largest absolute Gasteiger partial charge is 0.352 e. The molecule has 0 bridgehead atoms. The summed E-state index contributed by atoms with van der Waals surface area (Å²) in [6.07, 6.45) is 2.85. The fraction of sp³-hybridized carbons (Fsp3) is 0.238. The average Bonchev–Trinajstić information content (AvgIpc) is 2.99. The van der Waals surface area contributed by atoms with Crippen LogP contribution in [0.5, 0.6) is 0 Å². The molecule has 24 heavy (non-hydrogen) atoms. The Labute approximate surface area is 142 Å². The fourth-order valence-electron chi connectivity index (χ4n) is 2.95. The van der Waals surface area contributed by atoms with Gasteiger partial charge in [-0.05, 0) is 61.7 Å². The summed E-state index contributed by atoms with van der Waals surface area (Å²) < 4.78 is 0. The minimum Gasteiger partial charge on any atom is -0.352 e. The zero-order valence-electron chi connectivity index (χ0n) is 14.6. The van der Waals surface area contributed by atoms with E-state index < -0.39 is 0 Å². The van der Waals surface area contributed by atoms with Gasteiger partial charge in [0, 0.05) is 29.9 Å². The normalized spacial score (nSPS) is 11.9.